The van der Waals surface area contributed by atoms with Crippen LogP contribution in [0, 0.1) is 18.6 Å². The highest BCUT2D eigenvalue weighted by Crippen LogP contribution is 2.23. The van der Waals surface area contributed by atoms with Crippen molar-refractivity contribution in [1.29, 1.82) is 0 Å². The molecule has 3 aromatic rings. The summed E-state index contributed by atoms with van der Waals surface area (Å²) in [6, 6.07) is 16.0. The Hall–Kier alpha value is -3.84. The minimum absolute atomic E-state index is 0.0200. The van der Waals surface area contributed by atoms with E-state index in [1.54, 1.807) is 6.07 Å². The third-order valence-electron chi connectivity index (χ3n) is 5.67. The van der Waals surface area contributed by atoms with Gasteiger partial charge in [0.1, 0.15) is 17.7 Å². The molecule has 0 saturated carbocycles. The Kier molecular flexibility index (Phi) is 12.0. The van der Waals surface area contributed by atoms with Gasteiger partial charge in [0, 0.05) is 23.5 Å². The molecule has 3 amide bonds. The molecule has 3 rings (SSSR count). The molecule has 0 unspecified atom stereocenters. The standard InChI is InChI=1S/C30H34F2N4O5S/c1-19-8-11-23(12-9-19)42-41-40-36-26(18-27(37)35-30(2,3)4)29(39)34-15-14-33-28(38)24-17-21(10-13-25(24)32)20-6-5-7-22(31)16-20/h5-13,16-17,26,36H,14-15,18H2,1-4H3,(H,33,38)(H,34,39)(H,35,37)/t26-/m0/s1. The van der Waals surface area contributed by atoms with Gasteiger partial charge in [0.25, 0.3) is 5.91 Å². The van der Waals surface area contributed by atoms with Gasteiger partial charge >= 0.3 is 0 Å². The fourth-order valence-corrected chi connectivity index (χ4v) is 4.10. The molecular weight excluding hydrogens is 566 g/mol. The van der Waals surface area contributed by atoms with Crippen molar-refractivity contribution in [2.75, 3.05) is 13.1 Å². The number of hydrogen-bond acceptors (Lipinski definition) is 7. The van der Waals surface area contributed by atoms with Gasteiger partial charge in [-0.3, -0.25) is 14.4 Å². The molecule has 0 radical (unpaired) electrons. The van der Waals surface area contributed by atoms with Crippen molar-refractivity contribution >= 4 is 29.8 Å². The smallest absolute Gasteiger partial charge is 0.254 e. The number of benzene rings is 3. The minimum Gasteiger partial charge on any atom is -0.353 e. The van der Waals surface area contributed by atoms with Gasteiger partial charge in [0.05, 0.1) is 24.0 Å². The number of halogens is 2. The van der Waals surface area contributed by atoms with Crippen LogP contribution >= 0.6 is 12.0 Å². The third kappa shape index (κ3) is 10.9. The molecule has 0 aliphatic heterocycles. The lowest BCUT2D eigenvalue weighted by Gasteiger charge is -2.23. The Morgan fingerprint density at radius 3 is 2.29 bits per heavy atom. The summed E-state index contributed by atoms with van der Waals surface area (Å²) in [5, 5.41) is 7.93. The van der Waals surface area contributed by atoms with Crippen molar-refractivity contribution in [2.45, 2.75) is 50.6 Å². The zero-order valence-electron chi connectivity index (χ0n) is 23.8. The van der Waals surface area contributed by atoms with Crippen molar-refractivity contribution in [3.8, 4) is 11.1 Å². The Balaban J connectivity index is 1.53. The molecule has 0 heterocycles. The number of rotatable bonds is 13. The first-order valence-electron chi connectivity index (χ1n) is 13.2. The zero-order chi connectivity index (χ0) is 30.7. The van der Waals surface area contributed by atoms with Crippen LogP contribution in [-0.2, 0) is 18.9 Å². The van der Waals surface area contributed by atoms with Gasteiger partial charge < -0.3 is 16.0 Å². The van der Waals surface area contributed by atoms with Crippen LogP contribution in [-0.4, -0.2) is 42.4 Å². The second-order valence-corrected chi connectivity index (χ2v) is 11.2. The number of nitrogens with one attached hydrogen (secondary N) is 4. The number of hydroxylamine groups is 1. The van der Waals surface area contributed by atoms with Crippen LogP contribution in [0.25, 0.3) is 11.1 Å². The summed E-state index contributed by atoms with van der Waals surface area (Å²) >= 11 is 0.922. The first-order chi connectivity index (χ1) is 19.9. The molecule has 12 heteroatoms. The van der Waals surface area contributed by atoms with Gasteiger partial charge in [-0.15, -0.1) is 9.32 Å². The number of aryl methyl sites for hydroxylation is 1. The molecule has 0 aliphatic rings. The maximum atomic E-state index is 14.4. The monoisotopic (exact) mass is 600 g/mol. The van der Waals surface area contributed by atoms with Crippen molar-refractivity contribution in [1.82, 2.24) is 21.4 Å². The predicted octanol–water partition coefficient (Wildman–Crippen LogP) is 4.62. The maximum Gasteiger partial charge on any atom is 0.254 e. The summed E-state index contributed by atoms with van der Waals surface area (Å²) in [7, 11) is 0. The molecule has 1 atom stereocenters. The number of carbonyl (C=O) groups is 3. The van der Waals surface area contributed by atoms with Gasteiger partial charge in [-0.25, -0.2) is 8.78 Å². The number of amides is 3. The average molecular weight is 601 g/mol. The molecule has 0 spiro atoms. The van der Waals surface area contributed by atoms with Crippen molar-refractivity contribution < 1.29 is 32.5 Å². The lowest BCUT2D eigenvalue weighted by molar-refractivity contribution is -0.252. The second-order valence-electron chi connectivity index (χ2n) is 10.5. The SMILES string of the molecule is Cc1ccc(SOON[C@@H](CC(=O)NC(C)(C)C)C(=O)NCCNC(=O)c2cc(-c3cccc(F)c3)ccc2F)cc1. The highest BCUT2D eigenvalue weighted by Gasteiger charge is 2.25. The van der Waals surface area contributed by atoms with E-state index in [1.165, 1.54) is 30.3 Å². The Morgan fingerprint density at radius 2 is 1.60 bits per heavy atom. The molecule has 42 heavy (non-hydrogen) atoms. The Bertz CT molecular complexity index is 1380. The quantitative estimate of drug-likeness (QED) is 0.0979. The number of hydrogen-bond donors (Lipinski definition) is 4. The highest BCUT2D eigenvalue weighted by atomic mass is 32.2. The molecule has 0 bridgehead atoms. The van der Waals surface area contributed by atoms with Gasteiger partial charge in [-0.05, 0) is 75.2 Å². The van der Waals surface area contributed by atoms with Crippen molar-refractivity contribution in [3.63, 3.8) is 0 Å². The van der Waals surface area contributed by atoms with E-state index in [4.69, 9.17) is 9.32 Å². The van der Waals surface area contributed by atoms with E-state index in [9.17, 15) is 23.2 Å². The summed E-state index contributed by atoms with van der Waals surface area (Å²) in [6.45, 7) is 7.33. The first kappa shape index (κ1) is 32.7. The van der Waals surface area contributed by atoms with E-state index < -0.39 is 40.9 Å². The maximum absolute atomic E-state index is 14.4. The summed E-state index contributed by atoms with van der Waals surface area (Å²) in [5.74, 6) is -2.89. The van der Waals surface area contributed by atoms with E-state index in [2.05, 4.69) is 21.4 Å². The Labute approximate surface area is 247 Å². The molecule has 0 saturated heterocycles. The number of carbonyl (C=O) groups excluding carboxylic acids is 3. The van der Waals surface area contributed by atoms with Crippen molar-refractivity contribution in [3.05, 3.63) is 89.5 Å². The van der Waals surface area contributed by atoms with Crippen LogP contribution in [0.3, 0.4) is 0 Å². The molecular formula is C30H34F2N4O5S. The highest BCUT2D eigenvalue weighted by molar-refractivity contribution is 7.94. The molecule has 0 aromatic heterocycles. The Morgan fingerprint density at radius 1 is 0.905 bits per heavy atom. The van der Waals surface area contributed by atoms with Crippen LogP contribution in [0.15, 0.2) is 71.6 Å². The topological polar surface area (TPSA) is 118 Å². The first-order valence-corrected chi connectivity index (χ1v) is 13.9. The van der Waals surface area contributed by atoms with E-state index in [-0.39, 0.29) is 25.1 Å². The van der Waals surface area contributed by atoms with Crippen LogP contribution in [0.1, 0.15) is 43.1 Å². The minimum atomic E-state index is -1.12. The van der Waals surface area contributed by atoms with Gasteiger partial charge in [-0.1, -0.05) is 35.9 Å². The van der Waals surface area contributed by atoms with Crippen molar-refractivity contribution in [2.24, 2.45) is 0 Å². The largest absolute Gasteiger partial charge is 0.353 e. The average Bonchev–Trinajstić information content (AvgIpc) is 2.92. The van der Waals surface area contributed by atoms with Gasteiger partial charge in [0.15, 0.2) is 0 Å². The molecule has 9 nitrogen and oxygen atoms in total. The molecule has 0 fully saturated rings. The third-order valence-corrected chi connectivity index (χ3v) is 6.28. The summed E-state index contributed by atoms with van der Waals surface area (Å²) in [4.78, 5) is 43.7. The van der Waals surface area contributed by atoms with Crippen LogP contribution < -0.4 is 21.4 Å². The lowest BCUT2D eigenvalue weighted by Crippen LogP contribution is -2.50. The van der Waals surface area contributed by atoms with Crippen LogP contribution in [0.5, 0.6) is 0 Å². The fourth-order valence-electron chi connectivity index (χ4n) is 3.70. The fraction of sp³-hybridized carbons (Fsp3) is 0.300. The molecule has 4 N–H and O–H groups in total. The van der Waals surface area contributed by atoms with Gasteiger partial charge in [-0.2, -0.15) is 5.48 Å². The zero-order valence-corrected chi connectivity index (χ0v) is 24.6. The summed E-state index contributed by atoms with van der Waals surface area (Å²) in [5.41, 5.74) is 3.76. The lowest BCUT2D eigenvalue weighted by atomic mass is 10.0. The predicted molar refractivity (Wildman–Crippen MR) is 156 cm³/mol. The summed E-state index contributed by atoms with van der Waals surface area (Å²) in [6.07, 6.45) is -0.258. The molecule has 3 aromatic carbocycles. The van der Waals surface area contributed by atoms with Gasteiger partial charge in [0.2, 0.25) is 11.8 Å². The summed E-state index contributed by atoms with van der Waals surface area (Å²) < 4.78 is 33.1. The normalized spacial score (nSPS) is 12.0. The molecule has 224 valence electrons. The van der Waals surface area contributed by atoms with E-state index in [0.717, 1.165) is 28.6 Å². The van der Waals surface area contributed by atoms with E-state index in [0.29, 0.717) is 11.1 Å². The van der Waals surface area contributed by atoms with Crippen LogP contribution in [0.4, 0.5) is 8.78 Å². The van der Waals surface area contributed by atoms with Crippen LogP contribution in [0.2, 0.25) is 0 Å². The van der Waals surface area contributed by atoms with E-state index >= 15 is 0 Å². The van der Waals surface area contributed by atoms with E-state index in [1.807, 2.05) is 52.0 Å². The molecule has 0 aliphatic carbocycles. The second kappa shape index (κ2) is 15.4.